The lowest BCUT2D eigenvalue weighted by Gasteiger charge is -2.29. The average molecular weight is 658 g/mol. The van der Waals surface area contributed by atoms with Crippen molar-refractivity contribution in [3.8, 4) is 5.75 Å². The Morgan fingerprint density at radius 3 is 2.13 bits per heavy atom. The van der Waals surface area contributed by atoms with Crippen LogP contribution in [0.3, 0.4) is 0 Å². The lowest BCUT2D eigenvalue weighted by molar-refractivity contribution is -0.172. The highest BCUT2D eigenvalue weighted by Gasteiger charge is 2.49. The molecule has 1 aromatic carbocycles. The molecule has 11 heteroatoms. The second-order valence-corrected chi connectivity index (χ2v) is 11.9. The normalized spacial score (nSPS) is 13.9. The fourth-order valence-corrected chi connectivity index (χ4v) is 4.69. The van der Waals surface area contributed by atoms with Gasteiger partial charge < -0.3 is 30.5 Å². The van der Waals surface area contributed by atoms with E-state index in [0.29, 0.717) is 43.6 Å². The van der Waals surface area contributed by atoms with Gasteiger partial charge in [0.25, 0.3) is 0 Å². The second-order valence-electron chi connectivity index (χ2n) is 11.9. The smallest absolute Gasteiger partial charge is 0.337 e. The number of aliphatic hydroxyl groups is 1. The number of amides is 1. The van der Waals surface area contributed by atoms with Gasteiger partial charge in [-0.15, -0.1) is 0 Å². The molecule has 0 bridgehead atoms. The maximum Gasteiger partial charge on any atom is 0.337 e. The summed E-state index contributed by atoms with van der Waals surface area (Å²) < 4.78 is 5.60. The molecule has 0 aromatic heterocycles. The van der Waals surface area contributed by atoms with Crippen molar-refractivity contribution in [1.29, 1.82) is 0 Å². The second kappa shape index (κ2) is 22.3. The first-order valence-corrected chi connectivity index (χ1v) is 16.2. The number of unbranched alkanes of at least 4 members (excludes halogenated alkanes) is 7. The van der Waals surface area contributed by atoms with Crippen LogP contribution in [0, 0.1) is 5.92 Å². The van der Waals surface area contributed by atoms with Gasteiger partial charge in [0, 0.05) is 12.8 Å². The minimum Gasteiger partial charge on any atom is -0.490 e. The Labute approximate surface area is 277 Å². The highest BCUT2D eigenvalue weighted by molar-refractivity contribution is 5.94. The van der Waals surface area contributed by atoms with Gasteiger partial charge in [0.1, 0.15) is 18.4 Å². The monoisotopic (exact) mass is 657 g/mol. The number of rotatable bonds is 25. The number of carbonyl (C=O) groups is 5. The maximum absolute atomic E-state index is 13.3. The highest BCUT2D eigenvalue weighted by atomic mass is 16.5. The average Bonchev–Trinajstić information content (AvgIpc) is 2.99. The van der Waals surface area contributed by atoms with Gasteiger partial charge in [-0.25, -0.2) is 9.59 Å². The molecule has 0 saturated carbocycles. The SMILES string of the molecule is CCCCC/C=C/C(=O)CCCCCC/C=C/C(C(=O)NC(Cc1ccc(OCC=C(C)C)cc1)C(=O)O)[C@@](O)(CC(=O)O)C(=O)O. The van der Waals surface area contributed by atoms with Crippen LogP contribution in [-0.4, -0.2) is 68.3 Å². The molecule has 0 spiro atoms. The summed E-state index contributed by atoms with van der Waals surface area (Å²) in [5.41, 5.74) is -1.39. The van der Waals surface area contributed by atoms with Crippen LogP contribution in [0.4, 0.5) is 0 Å². The van der Waals surface area contributed by atoms with E-state index in [1.807, 2.05) is 26.0 Å². The molecule has 5 N–H and O–H groups in total. The van der Waals surface area contributed by atoms with Gasteiger partial charge in [0.05, 0.1) is 12.3 Å². The summed E-state index contributed by atoms with van der Waals surface area (Å²) in [6.45, 7) is 6.37. The number of hydrogen-bond acceptors (Lipinski definition) is 7. The first-order valence-electron chi connectivity index (χ1n) is 16.2. The zero-order valence-electron chi connectivity index (χ0n) is 27.8. The van der Waals surface area contributed by atoms with Crippen molar-refractivity contribution in [2.75, 3.05) is 6.61 Å². The summed E-state index contributed by atoms with van der Waals surface area (Å²) in [6.07, 6.45) is 14.6. The predicted molar refractivity (Wildman–Crippen MR) is 178 cm³/mol. The molecule has 0 saturated heterocycles. The molecule has 3 atom stereocenters. The molecule has 2 unspecified atom stereocenters. The summed E-state index contributed by atoms with van der Waals surface area (Å²) >= 11 is 0. The van der Waals surface area contributed by atoms with Crippen molar-refractivity contribution in [2.45, 2.75) is 109 Å². The minimum atomic E-state index is -3.02. The van der Waals surface area contributed by atoms with Crippen molar-refractivity contribution >= 4 is 29.6 Å². The molecule has 0 aliphatic heterocycles. The lowest BCUT2D eigenvalue weighted by Crippen LogP contribution is -2.55. The third-order valence-electron chi connectivity index (χ3n) is 7.46. The number of allylic oxidation sites excluding steroid dienone is 4. The first kappa shape index (κ1) is 40.8. The van der Waals surface area contributed by atoms with Crippen LogP contribution in [0.5, 0.6) is 5.75 Å². The molecule has 11 nitrogen and oxygen atoms in total. The van der Waals surface area contributed by atoms with Gasteiger partial charge in [0.2, 0.25) is 5.91 Å². The predicted octanol–water partition coefficient (Wildman–Crippen LogP) is 5.65. The van der Waals surface area contributed by atoms with Gasteiger partial charge in [-0.2, -0.15) is 0 Å². The molecule has 47 heavy (non-hydrogen) atoms. The van der Waals surface area contributed by atoms with Crippen LogP contribution in [0.25, 0.3) is 0 Å². The number of carboxylic acid groups (broad SMARTS) is 3. The van der Waals surface area contributed by atoms with Crippen molar-refractivity contribution < 1.29 is 49.1 Å². The zero-order valence-corrected chi connectivity index (χ0v) is 27.8. The van der Waals surface area contributed by atoms with Gasteiger partial charge in [-0.1, -0.05) is 68.5 Å². The molecule has 0 aliphatic carbocycles. The van der Waals surface area contributed by atoms with Gasteiger partial charge >= 0.3 is 17.9 Å². The molecular weight excluding hydrogens is 606 g/mol. The number of carboxylic acids is 3. The van der Waals surface area contributed by atoms with E-state index in [2.05, 4.69) is 12.2 Å². The molecular formula is C36H51NO10. The van der Waals surface area contributed by atoms with Crippen LogP contribution in [0.15, 0.2) is 60.2 Å². The fraction of sp³-hybridized carbons (Fsp3) is 0.528. The van der Waals surface area contributed by atoms with Crippen LogP contribution in [0.2, 0.25) is 0 Å². The number of hydrogen-bond donors (Lipinski definition) is 5. The van der Waals surface area contributed by atoms with Crippen molar-refractivity contribution in [1.82, 2.24) is 5.32 Å². The van der Waals surface area contributed by atoms with Crippen LogP contribution in [-0.2, 0) is 30.4 Å². The highest BCUT2D eigenvalue weighted by Crippen LogP contribution is 2.26. The number of nitrogens with one attached hydrogen (secondary N) is 1. The van der Waals surface area contributed by atoms with E-state index in [1.165, 1.54) is 6.08 Å². The Morgan fingerprint density at radius 1 is 0.894 bits per heavy atom. The van der Waals surface area contributed by atoms with Crippen LogP contribution >= 0.6 is 0 Å². The zero-order chi connectivity index (χ0) is 35.2. The van der Waals surface area contributed by atoms with Gasteiger partial charge in [-0.3, -0.25) is 14.4 Å². The number of ether oxygens (including phenoxy) is 1. The summed E-state index contributed by atoms with van der Waals surface area (Å²) in [4.78, 5) is 60.8. The third kappa shape index (κ3) is 16.8. The van der Waals surface area contributed by atoms with E-state index >= 15 is 0 Å². The van der Waals surface area contributed by atoms with Crippen molar-refractivity contribution in [3.63, 3.8) is 0 Å². The third-order valence-corrected chi connectivity index (χ3v) is 7.46. The van der Waals surface area contributed by atoms with E-state index < -0.39 is 47.8 Å². The van der Waals surface area contributed by atoms with E-state index in [0.717, 1.165) is 50.2 Å². The number of carbonyl (C=O) groups excluding carboxylic acids is 2. The quantitative estimate of drug-likeness (QED) is 0.0499. The van der Waals surface area contributed by atoms with Crippen molar-refractivity contribution in [2.24, 2.45) is 5.92 Å². The first-order chi connectivity index (χ1) is 22.3. The standard InChI is InChI=1S/C36H51NO10/c1-4-5-6-9-12-15-28(38)16-13-10-7-8-11-14-17-30(36(46,35(44)45)25-32(39)40)33(41)37-31(34(42)43)24-27-18-20-29(21-19-27)47-23-22-26(2)3/h12,14-15,17-22,30-31,46H,4-11,13,16,23-25H2,1-3H3,(H,37,41)(H,39,40)(H,42,43)(H,44,45)/b15-12+,17-14+/t30?,31?,36-/m0/s1. The Bertz CT molecular complexity index is 1250. The van der Waals surface area contributed by atoms with Crippen LogP contribution < -0.4 is 10.1 Å². The molecule has 0 aliphatic rings. The Kier molecular flexibility index (Phi) is 19.4. The molecule has 1 rings (SSSR count). The summed E-state index contributed by atoms with van der Waals surface area (Å²) in [5, 5.41) is 42.0. The molecule has 260 valence electrons. The van der Waals surface area contributed by atoms with Crippen LogP contribution in [0.1, 0.15) is 97.0 Å². The van der Waals surface area contributed by atoms with E-state index in [1.54, 1.807) is 30.3 Å². The summed E-state index contributed by atoms with van der Waals surface area (Å²) in [6, 6.07) is 5.09. The topological polar surface area (TPSA) is 188 Å². The van der Waals surface area contributed by atoms with Crippen molar-refractivity contribution in [3.05, 3.63) is 65.8 Å². The Morgan fingerprint density at radius 2 is 1.53 bits per heavy atom. The van der Waals surface area contributed by atoms with E-state index in [9.17, 15) is 44.4 Å². The van der Waals surface area contributed by atoms with E-state index in [-0.39, 0.29) is 12.2 Å². The van der Waals surface area contributed by atoms with Gasteiger partial charge in [0.15, 0.2) is 11.4 Å². The summed E-state index contributed by atoms with van der Waals surface area (Å²) in [7, 11) is 0. The van der Waals surface area contributed by atoms with E-state index in [4.69, 9.17) is 4.74 Å². The number of ketones is 1. The largest absolute Gasteiger partial charge is 0.490 e. The maximum atomic E-state index is 13.3. The minimum absolute atomic E-state index is 0.0856. The number of aliphatic carboxylic acids is 3. The fourth-order valence-electron chi connectivity index (χ4n) is 4.69. The molecule has 0 radical (unpaired) electrons. The number of benzene rings is 1. The molecule has 1 aromatic rings. The Balaban J connectivity index is 2.87. The lowest BCUT2D eigenvalue weighted by atomic mass is 9.82. The molecule has 0 fully saturated rings. The van der Waals surface area contributed by atoms with Gasteiger partial charge in [-0.05, 0) is 75.8 Å². The Hall–Kier alpha value is -4.25. The molecule has 1 amide bonds. The molecule has 0 heterocycles. The summed E-state index contributed by atoms with van der Waals surface area (Å²) in [5.74, 6) is -7.34.